The fraction of sp³-hybridized carbons (Fsp3) is 0.387. The van der Waals surface area contributed by atoms with Crippen LogP contribution in [-0.4, -0.2) is 36.0 Å². The van der Waals surface area contributed by atoms with Crippen LogP contribution in [0.1, 0.15) is 47.1 Å². The van der Waals surface area contributed by atoms with Crippen molar-refractivity contribution < 1.29 is 4.74 Å². The van der Waals surface area contributed by atoms with Crippen molar-refractivity contribution in [3.8, 4) is 11.8 Å². The van der Waals surface area contributed by atoms with Crippen LogP contribution in [-0.2, 0) is 26.1 Å². The van der Waals surface area contributed by atoms with E-state index >= 15 is 0 Å². The highest BCUT2D eigenvalue weighted by atomic mass is 35.5. The van der Waals surface area contributed by atoms with Gasteiger partial charge < -0.3 is 4.74 Å². The van der Waals surface area contributed by atoms with Crippen LogP contribution in [0.2, 0.25) is 0 Å². The number of rotatable bonds is 7. The van der Waals surface area contributed by atoms with E-state index in [4.69, 9.17) is 10.00 Å². The van der Waals surface area contributed by atoms with Gasteiger partial charge in [-0.3, -0.25) is 9.80 Å². The number of nitriles is 1. The van der Waals surface area contributed by atoms with Crippen molar-refractivity contribution >= 4 is 24.8 Å². The lowest BCUT2D eigenvalue weighted by Crippen LogP contribution is -2.35. The minimum atomic E-state index is 0. The Labute approximate surface area is 234 Å². The SMILES string of the molecule is Cl.Cl.N#Cc1ccc(CN2CCC(COc3ccc4c(c3)CCCN(Cc3ccccc3)C4)CC2)cc1. The van der Waals surface area contributed by atoms with Crippen molar-refractivity contribution in [3.05, 3.63) is 101 Å². The van der Waals surface area contributed by atoms with E-state index in [2.05, 4.69) is 76.5 Å². The Bertz CT molecular complexity index is 1140. The van der Waals surface area contributed by atoms with Gasteiger partial charge in [0, 0.05) is 19.6 Å². The zero-order valence-corrected chi connectivity index (χ0v) is 23.0. The van der Waals surface area contributed by atoms with E-state index in [1.54, 1.807) is 0 Å². The molecule has 0 aliphatic carbocycles. The van der Waals surface area contributed by atoms with Gasteiger partial charge in [0.15, 0.2) is 0 Å². The predicted molar refractivity (Wildman–Crippen MR) is 154 cm³/mol. The van der Waals surface area contributed by atoms with E-state index in [1.165, 1.54) is 41.5 Å². The smallest absolute Gasteiger partial charge is 0.119 e. The molecule has 1 saturated heterocycles. The van der Waals surface area contributed by atoms with Gasteiger partial charge in [-0.05, 0) is 97.8 Å². The highest BCUT2D eigenvalue weighted by Gasteiger charge is 2.20. The minimum absolute atomic E-state index is 0. The summed E-state index contributed by atoms with van der Waals surface area (Å²) in [5.41, 5.74) is 6.30. The first kappa shape index (κ1) is 29.0. The molecule has 0 atom stereocenters. The number of nitrogens with zero attached hydrogens (tertiary/aromatic N) is 3. The quantitative estimate of drug-likeness (QED) is 0.338. The molecule has 5 rings (SSSR count). The Morgan fingerprint density at radius 2 is 1.49 bits per heavy atom. The molecule has 0 N–H and O–H groups in total. The monoisotopic (exact) mass is 537 g/mol. The molecule has 0 unspecified atom stereocenters. The molecule has 1 fully saturated rings. The van der Waals surface area contributed by atoms with Crippen LogP contribution in [0.25, 0.3) is 0 Å². The molecule has 0 radical (unpaired) electrons. The summed E-state index contributed by atoms with van der Waals surface area (Å²) in [6, 6.07) is 27.7. The second kappa shape index (κ2) is 14.4. The van der Waals surface area contributed by atoms with Gasteiger partial charge in [-0.15, -0.1) is 24.8 Å². The third kappa shape index (κ3) is 8.22. The van der Waals surface area contributed by atoms with Crippen molar-refractivity contribution in [3.63, 3.8) is 0 Å². The molecule has 196 valence electrons. The van der Waals surface area contributed by atoms with Gasteiger partial charge in [0.25, 0.3) is 0 Å². The van der Waals surface area contributed by atoms with E-state index in [0.717, 1.165) is 63.6 Å². The van der Waals surface area contributed by atoms with Crippen LogP contribution in [0.15, 0.2) is 72.8 Å². The number of hydrogen-bond acceptors (Lipinski definition) is 4. The molecule has 0 aromatic heterocycles. The van der Waals surface area contributed by atoms with Crippen molar-refractivity contribution in [2.75, 3.05) is 26.2 Å². The van der Waals surface area contributed by atoms with Gasteiger partial charge in [-0.2, -0.15) is 5.26 Å². The van der Waals surface area contributed by atoms with E-state index in [0.29, 0.717) is 5.92 Å². The molecular weight excluding hydrogens is 501 g/mol. The van der Waals surface area contributed by atoms with E-state index in [1.807, 2.05) is 12.1 Å². The van der Waals surface area contributed by atoms with Crippen LogP contribution in [0.3, 0.4) is 0 Å². The fourth-order valence-electron chi connectivity index (χ4n) is 5.34. The lowest BCUT2D eigenvalue weighted by atomic mass is 9.97. The number of aryl methyl sites for hydroxylation is 1. The maximum atomic E-state index is 8.97. The molecule has 2 aliphatic rings. The summed E-state index contributed by atoms with van der Waals surface area (Å²) in [5, 5.41) is 8.97. The molecule has 0 saturated carbocycles. The van der Waals surface area contributed by atoms with Gasteiger partial charge >= 0.3 is 0 Å². The van der Waals surface area contributed by atoms with Gasteiger partial charge in [-0.1, -0.05) is 48.5 Å². The molecule has 3 aromatic carbocycles. The molecule has 37 heavy (non-hydrogen) atoms. The second-order valence-electron chi connectivity index (χ2n) is 10.1. The number of ether oxygens (including phenoxy) is 1. The predicted octanol–water partition coefficient (Wildman–Crippen LogP) is 6.64. The van der Waals surface area contributed by atoms with Crippen LogP contribution >= 0.6 is 24.8 Å². The van der Waals surface area contributed by atoms with E-state index in [-0.39, 0.29) is 24.8 Å². The standard InChI is InChI=1S/C31H35N3O.2ClH/c32-20-25-8-10-27(11-9-25)21-33-17-14-28(15-18-33)24-35-31-13-12-30-23-34(16-4-7-29(30)19-31)22-26-5-2-1-3-6-26;;/h1-3,5-6,8-13,19,28H,4,7,14-18,21-24H2;2*1H. The summed E-state index contributed by atoms with van der Waals surface area (Å²) in [6.45, 7) is 7.16. The summed E-state index contributed by atoms with van der Waals surface area (Å²) in [6.07, 6.45) is 4.68. The highest BCUT2D eigenvalue weighted by Crippen LogP contribution is 2.26. The zero-order chi connectivity index (χ0) is 23.9. The summed E-state index contributed by atoms with van der Waals surface area (Å²) in [7, 11) is 0. The van der Waals surface area contributed by atoms with Crippen molar-refractivity contribution in [2.45, 2.75) is 45.3 Å². The first-order valence-corrected chi connectivity index (χ1v) is 13.0. The molecule has 0 bridgehead atoms. The number of piperidine rings is 1. The number of halogens is 2. The topological polar surface area (TPSA) is 39.5 Å². The Morgan fingerprint density at radius 3 is 2.22 bits per heavy atom. The Morgan fingerprint density at radius 1 is 0.784 bits per heavy atom. The Hall–Kier alpha value is -2.55. The Kier molecular flexibility index (Phi) is 11.3. The number of hydrogen-bond donors (Lipinski definition) is 0. The third-order valence-electron chi connectivity index (χ3n) is 7.42. The largest absolute Gasteiger partial charge is 0.493 e. The fourth-order valence-corrected chi connectivity index (χ4v) is 5.34. The minimum Gasteiger partial charge on any atom is -0.493 e. The van der Waals surface area contributed by atoms with E-state index < -0.39 is 0 Å². The summed E-state index contributed by atoms with van der Waals surface area (Å²) in [4.78, 5) is 5.08. The first-order chi connectivity index (χ1) is 17.2. The first-order valence-electron chi connectivity index (χ1n) is 13.0. The summed E-state index contributed by atoms with van der Waals surface area (Å²) < 4.78 is 6.29. The lowest BCUT2D eigenvalue weighted by molar-refractivity contribution is 0.136. The molecule has 0 amide bonds. The average Bonchev–Trinajstić information content (AvgIpc) is 3.10. The number of benzene rings is 3. The molecule has 2 aliphatic heterocycles. The zero-order valence-electron chi connectivity index (χ0n) is 21.4. The maximum Gasteiger partial charge on any atom is 0.119 e. The third-order valence-corrected chi connectivity index (χ3v) is 7.42. The van der Waals surface area contributed by atoms with Crippen LogP contribution in [0, 0.1) is 17.2 Å². The van der Waals surface area contributed by atoms with Crippen molar-refractivity contribution in [2.24, 2.45) is 5.92 Å². The normalized spacial score (nSPS) is 16.4. The molecule has 0 spiro atoms. The number of fused-ring (bicyclic) bond motifs is 1. The van der Waals surface area contributed by atoms with Gasteiger partial charge in [0.2, 0.25) is 0 Å². The van der Waals surface area contributed by atoms with Crippen molar-refractivity contribution in [1.29, 1.82) is 5.26 Å². The summed E-state index contributed by atoms with van der Waals surface area (Å²) >= 11 is 0. The second-order valence-corrected chi connectivity index (χ2v) is 10.1. The Balaban J connectivity index is 0.00000190. The average molecular weight is 539 g/mol. The van der Waals surface area contributed by atoms with E-state index in [9.17, 15) is 0 Å². The number of likely N-dealkylation sites (tertiary alicyclic amines) is 1. The van der Waals surface area contributed by atoms with Gasteiger partial charge in [0.1, 0.15) is 5.75 Å². The molecule has 6 heteroatoms. The maximum absolute atomic E-state index is 8.97. The molecule has 2 heterocycles. The lowest BCUT2D eigenvalue weighted by Gasteiger charge is -2.32. The summed E-state index contributed by atoms with van der Waals surface area (Å²) in [5.74, 6) is 1.65. The van der Waals surface area contributed by atoms with Gasteiger partial charge in [0.05, 0.1) is 18.2 Å². The molecule has 4 nitrogen and oxygen atoms in total. The molecular formula is C31H37Cl2N3O. The highest BCUT2D eigenvalue weighted by molar-refractivity contribution is 5.85. The van der Waals surface area contributed by atoms with Gasteiger partial charge in [-0.25, -0.2) is 0 Å². The van der Waals surface area contributed by atoms with Crippen LogP contribution in [0.4, 0.5) is 0 Å². The van der Waals surface area contributed by atoms with Crippen LogP contribution in [0.5, 0.6) is 5.75 Å². The van der Waals surface area contributed by atoms with Crippen molar-refractivity contribution in [1.82, 2.24) is 9.80 Å². The molecule has 3 aromatic rings. The van der Waals surface area contributed by atoms with Crippen LogP contribution < -0.4 is 4.74 Å².